The van der Waals surface area contributed by atoms with Gasteiger partial charge in [0.1, 0.15) is 29.2 Å². The van der Waals surface area contributed by atoms with Crippen LogP contribution in [0.3, 0.4) is 0 Å². The van der Waals surface area contributed by atoms with Crippen LogP contribution in [0.4, 0.5) is 24.5 Å². The lowest BCUT2D eigenvalue weighted by atomic mass is 9.81. The summed E-state index contributed by atoms with van der Waals surface area (Å²) < 4.78 is 63.1. The fourth-order valence-electron chi connectivity index (χ4n) is 5.40. The molecule has 0 aromatic heterocycles. The van der Waals surface area contributed by atoms with Gasteiger partial charge in [0.15, 0.2) is 0 Å². The minimum absolute atomic E-state index is 0.0470. The number of fused-ring (bicyclic) bond motifs is 1. The molecule has 6 nitrogen and oxygen atoms in total. The molecular formula is C29H35F3N2O4S2. The molecule has 2 aromatic rings. The van der Waals surface area contributed by atoms with Crippen LogP contribution in [-0.2, 0) is 15.8 Å². The Balaban J connectivity index is 1.55. The Morgan fingerprint density at radius 1 is 1.25 bits per heavy atom. The lowest BCUT2D eigenvalue weighted by molar-refractivity contribution is -0.142. The molecule has 1 N–H and O–H groups in total. The second-order valence-electron chi connectivity index (χ2n) is 11.6. The van der Waals surface area contributed by atoms with Crippen molar-refractivity contribution in [1.82, 2.24) is 4.31 Å². The van der Waals surface area contributed by atoms with E-state index in [4.69, 9.17) is 4.74 Å². The molecule has 0 amide bonds. The number of hydrogen-bond donors (Lipinski definition) is 1. The number of carboxylic acid groups (broad SMARTS) is 1. The van der Waals surface area contributed by atoms with Crippen LogP contribution in [0, 0.1) is 17.2 Å². The molecule has 0 bridgehead atoms. The average molecular weight is 597 g/mol. The number of carboxylic acids is 1. The number of rotatable bonds is 10. The fraction of sp³-hybridized carbons (Fsp3) is 0.552. The molecule has 1 heterocycles. The third-order valence-corrected chi connectivity index (χ3v) is 11.0. The molecule has 5 rings (SSSR count). The third-order valence-electron chi connectivity index (χ3n) is 8.21. The maximum atomic E-state index is 13.9. The highest BCUT2D eigenvalue weighted by molar-refractivity contribution is 8.00. The van der Waals surface area contributed by atoms with Crippen LogP contribution in [0.1, 0.15) is 52.4 Å². The van der Waals surface area contributed by atoms with Crippen LogP contribution in [0.15, 0.2) is 46.2 Å². The van der Waals surface area contributed by atoms with Gasteiger partial charge in [0, 0.05) is 43.1 Å². The van der Waals surface area contributed by atoms with Gasteiger partial charge < -0.3 is 14.7 Å². The van der Waals surface area contributed by atoms with Crippen molar-refractivity contribution >= 4 is 40.1 Å². The van der Waals surface area contributed by atoms with Crippen molar-refractivity contribution in [3.63, 3.8) is 0 Å². The van der Waals surface area contributed by atoms with Gasteiger partial charge in [-0.2, -0.15) is 0 Å². The highest BCUT2D eigenvalue weighted by Gasteiger charge is 2.53. The van der Waals surface area contributed by atoms with Gasteiger partial charge in [-0.3, -0.25) is 4.79 Å². The van der Waals surface area contributed by atoms with Gasteiger partial charge in [-0.25, -0.2) is 21.7 Å². The Kier molecular flexibility index (Phi) is 8.20. The molecule has 218 valence electrons. The molecule has 2 aromatic carbocycles. The van der Waals surface area contributed by atoms with E-state index in [2.05, 4.69) is 0 Å². The second-order valence-corrected chi connectivity index (χ2v) is 14.5. The first kappa shape index (κ1) is 29.3. The Morgan fingerprint density at radius 2 is 1.93 bits per heavy atom. The van der Waals surface area contributed by atoms with Gasteiger partial charge in [0.05, 0.1) is 21.4 Å². The lowest BCUT2D eigenvalue weighted by Gasteiger charge is -2.36. The molecule has 40 heavy (non-hydrogen) atoms. The fourth-order valence-corrected chi connectivity index (χ4v) is 8.36. The van der Waals surface area contributed by atoms with Gasteiger partial charge in [-0.15, -0.1) is 11.8 Å². The predicted molar refractivity (Wildman–Crippen MR) is 151 cm³/mol. The number of nitrogens with zero attached hydrogens (tertiary/aromatic N) is 2. The van der Waals surface area contributed by atoms with Crippen LogP contribution in [0.25, 0.3) is 0 Å². The minimum atomic E-state index is -2.87. The zero-order chi connectivity index (χ0) is 28.8. The van der Waals surface area contributed by atoms with Gasteiger partial charge in [-0.05, 0) is 81.7 Å². The molecule has 11 heteroatoms. The zero-order valence-corrected chi connectivity index (χ0v) is 24.5. The molecule has 0 radical (unpaired) electrons. The molecule has 3 atom stereocenters. The summed E-state index contributed by atoms with van der Waals surface area (Å²) in [6.07, 6.45) is 4.50. The second kappa shape index (κ2) is 11.2. The van der Waals surface area contributed by atoms with Crippen molar-refractivity contribution in [1.29, 1.82) is 0 Å². The summed E-state index contributed by atoms with van der Waals surface area (Å²) >= 11 is 1.68. The molecule has 2 fully saturated rings. The van der Waals surface area contributed by atoms with Crippen LogP contribution in [-0.4, -0.2) is 57.0 Å². The van der Waals surface area contributed by atoms with E-state index in [-0.39, 0.29) is 26.0 Å². The number of likely N-dealkylation sites (N-methyl/N-ethyl adjacent to an activating group) is 1. The van der Waals surface area contributed by atoms with E-state index < -0.39 is 40.7 Å². The van der Waals surface area contributed by atoms with Crippen LogP contribution < -0.4 is 9.64 Å². The number of benzene rings is 2. The third kappa shape index (κ3) is 6.46. The maximum absolute atomic E-state index is 13.9. The van der Waals surface area contributed by atoms with E-state index in [1.165, 1.54) is 25.0 Å². The summed E-state index contributed by atoms with van der Waals surface area (Å²) in [7, 11) is -0.0535. The molecule has 2 saturated carbocycles. The largest absolute Gasteiger partial charge is 0.491 e. The Labute approximate surface area is 239 Å². The average Bonchev–Trinajstić information content (AvgIpc) is 3.68. The quantitative estimate of drug-likeness (QED) is 0.323. The van der Waals surface area contributed by atoms with E-state index in [1.54, 1.807) is 48.2 Å². The number of halogens is 3. The van der Waals surface area contributed by atoms with E-state index >= 15 is 0 Å². The number of alkyl halides is 2. The number of thioether (sulfide) groups is 1. The minimum Gasteiger partial charge on any atom is -0.491 e. The van der Waals surface area contributed by atoms with Crippen molar-refractivity contribution in [3.8, 4) is 5.75 Å². The summed E-state index contributed by atoms with van der Waals surface area (Å²) in [5, 5.41) is 9.78. The Morgan fingerprint density at radius 3 is 2.52 bits per heavy atom. The SMILES string of the molecule is CC(COc1cc2c(cc1SC1CC3(CC3)C1)N(c1ccc(F)cc1)CC(CCC(C)(F)F)N(C)S2=O)C(=O)O. The van der Waals surface area contributed by atoms with Gasteiger partial charge in [0.2, 0.25) is 5.92 Å². The van der Waals surface area contributed by atoms with E-state index in [9.17, 15) is 27.3 Å². The maximum Gasteiger partial charge on any atom is 0.309 e. The molecule has 3 unspecified atom stereocenters. The van der Waals surface area contributed by atoms with Gasteiger partial charge >= 0.3 is 5.97 Å². The zero-order valence-electron chi connectivity index (χ0n) is 22.9. The first-order valence-electron chi connectivity index (χ1n) is 13.6. The van der Waals surface area contributed by atoms with E-state index in [0.717, 1.165) is 24.7 Å². The highest BCUT2D eigenvalue weighted by Crippen LogP contribution is 2.64. The summed E-state index contributed by atoms with van der Waals surface area (Å²) in [5.41, 5.74) is 1.79. The van der Waals surface area contributed by atoms with E-state index in [0.29, 0.717) is 32.7 Å². The first-order chi connectivity index (χ1) is 18.8. The topological polar surface area (TPSA) is 70.1 Å². The van der Waals surface area contributed by atoms with E-state index in [1.807, 2.05) is 11.0 Å². The standard InChI is InChI=1S/C29H35F3N2O4S2/c1-18(27(35)36)17-38-24-13-26-23(12-25(24)39-22-14-29(15-22)10-11-29)34(20-6-4-19(30)5-7-20)16-21(33(3)40(26)37)8-9-28(2,31)32/h4-7,12-13,18,21-22H,8-11,14-17H2,1-3H3,(H,35,36). The monoisotopic (exact) mass is 596 g/mol. The number of hydrogen-bond acceptors (Lipinski definition) is 5. The Bertz CT molecular complexity index is 1280. The summed E-state index contributed by atoms with van der Waals surface area (Å²) in [5.74, 6) is -4.50. The van der Waals surface area contributed by atoms with Crippen LogP contribution in [0.2, 0.25) is 0 Å². The number of carbonyl (C=O) groups is 1. The number of ether oxygens (including phenoxy) is 1. The van der Waals surface area contributed by atoms with Crippen LogP contribution >= 0.6 is 11.8 Å². The van der Waals surface area contributed by atoms with Gasteiger partial charge in [-0.1, -0.05) is 0 Å². The van der Waals surface area contributed by atoms with Crippen molar-refractivity contribution in [3.05, 3.63) is 42.2 Å². The molecule has 1 aliphatic heterocycles. The molecule has 3 aliphatic rings. The van der Waals surface area contributed by atoms with Gasteiger partial charge in [0.25, 0.3) is 0 Å². The molecule has 1 spiro atoms. The molecule has 2 aliphatic carbocycles. The van der Waals surface area contributed by atoms with Crippen molar-refractivity contribution in [2.75, 3.05) is 25.1 Å². The molecular weight excluding hydrogens is 561 g/mol. The first-order valence-corrected chi connectivity index (χ1v) is 15.6. The predicted octanol–water partition coefficient (Wildman–Crippen LogP) is 6.87. The number of anilines is 2. The smallest absolute Gasteiger partial charge is 0.309 e. The summed E-state index contributed by atoms with van der Waals surface area (Å²) in [6.45, 7) is 2.68. The number of aliphatic carboxylic acids is 1. The van der Waals surface area contributed by atoms with Crippen molar-refractivity contribution in [2.24, 2.45) is 11.3 Å². The lowest BCUT2D eigenvalue weighted by Crippen LogP contribution is -2.39. The van der Waals surface area contributed by atoms with Crippen LogP contribution in [0.5, 0.6) is 5.75 Å². The van der Waals surface area contributed by atoms with Crippen molar-refractivity contribution < 1.29 is 32.0 Å². The summed E-state index contributed by atoms with van der Waals surface area (Å²) in [6, 6.07) is 9.11. The normalized spacial score (nSPS) is 23.3. The van der Waals surface area contributed by atoms with Crippen molar-refractivity contribution in [2.45, 2.75) is 79.4 Å². The Hall–Kier alpha value is -2.24. The summed E-state index contributed by atoms with van der Waals surface area (Å²) in [4.78, 5) is 14.6. The highest BCUT2D eigenvalue weighted by atomic mass is 32.2. The molecule has 0 saturated heterocycles.